The van der Waals surface area contributed by atoms with Crippen molar-refractivity contribution < 1.29 is 5.11 Å². The monoisotopic (exact) mass is 408 g/mol. The van der Waals surface area contributed by atoms with E-state index < -0.39 is 0 Å². The van der Waals surface area contributed by atoms with Gasteiger partial charge in [-0.05, 0) is 30.3 Å². The van der Waals surface area contributed by atoms with Crippen molar-refractivity contribution in [3.63, 3.8) is 0 Å². The molecule has 4 rings (SSSR count). The first kappa shape index (κ1) is 20.8. The minimum absolute atomic E-state index is 0.00263. The Hall–Kier alpha value is -2.48. The highest BCUT2D eigenvalue weighted by molar-refractivity contribution is 5.80. The van der Waals surface area contributed by atoms with Crippen LogP contribution in [0.1, 0.15) is 19.4 Å². The zero-order valence-electron chi connectivity index (χ0n) is 18.0. The molecule has 0 saturated carbocycles. The SMILES string of the molecule is CCN(CC)CCN1CCN(c2ccnc3c(-c4ccccc4CO)cnn23)CC1. The summed E-state index contributed by atoms with van der Waals surface area (Å²) in [7, 11) is 0. The molecule has 0 aliphatic carbocycles. The van der Waals surface area contributed by atoms with Crippen LogP contribution in [-0.4, -0.2) is 81.9 Å². The smallest absolute Gasteiger partial charge is 0.165 e. The van der Waals surface area contributed by atoms with Crippen molar-refractivity contribution in [1.29, 1.82) is 0 Å². The van der Waals surface area contributed by atoms with Gasteiger partial charge in [0.2, 0.25) is 0 Å². The molecular weight excluding hydrogens is 376 g/mol. The molecule has 1 aliphatic rings. The quantitative estimate of drug-likeness (QED) is 0.617. The van der Waals surface area contributed by atoms with Gasteiger partial charge in [-0.1, -0.05) is 38.1 Å². The summed E-state index contributed by atoms with van der Waals surface area (Å²) in [6.45, 7) is 13.1. The van der Waals surface area contributed by atoms with Gasteiger partial charge < -0.3 is 14.9 Å². The second kappa shape index (κ2) is 9.55. The minimum Gasteiger partial charge on any atom is -0.392 e. The lowest BCUT2D eigenvalue weighted by Crippen LogP contribution is -2.49. The van der Waals surface area contributed by atoms with Crippen LogP contribution in [0.3, 0.4) is 0 Å². The van der Waals surface area contributed by atoms with Gasteiger partial charge in [-0.3, -0.25) is 4.90 Å². The van der Waals surface area contributed by atoms with Crippen LogP contribution in [0.4, 0.5) is 5.82 Å². The van der Waals surface area contributed by atoms with Crippen molar-refractivity contribution in [2.24, 2.45) is 0 Å². The van der Waals surface area contributed by atoms with Crippen molar-refractivity contribution in [3.8, 4) is 11.1 Å². The maximum absolute atomic E-state index is 9.72. The fourth-order valence-corrected chi connectivity index (χ4v) is 4.25. The normalized spacial score (nSPS) is 15.4. The molecule has 0 atom stereocenters. The molecule has 0 spiro atoms. The minimum atomic E-state index is 0.00263. The number of aromatic nitrogens is 3. The van der Waals surface area contributed by atoms with Crippen LogP contribution in [0.15, 0.2) is 42.7 Å². The molecule has 7 nitrogen and oxygen atoms in total. The summed E-state index contributed by atoms with van der Waals surface area (Å²) in [6.07, 6.45) is 3.73. The van der Waals surface area contributed by atoms with E-state index in [1.807, 2.05) is 47.2 Å². The lowest BCUT2D eigenvalue weighted by molar-refractivity contribution is 0.205. The van der Waals surface area contributed by atoms with Crippen LogP contribution in [-0.2, 0) is 6.61 Å². The first-order valence-electron chi connectivity index (χ1n) is 11.0. The Morgan fingerprint density at radius 2 is 1.77 bits per heavy atom. The van der Waals surface area contributed by atoms with E-state index in [9.17, 15) is 5.11 Å². The third-order valence-electron chi connectivity index (χ3n) is 6.18. The Balaban J connectivity index is 1.50. The van der Waals surface area contributed by atoms with Gasteiger partial charge in [0.05, 0.1) is 12.8 Å². The highest BCUT2D eigenvalue weighted by Crippen LogP contribution is 2.29. The Bertz CT molecular complexity index is 959. The van der Waals surface area contributed by atoms with E-state index in [1.165, 1.54) is 0 Å². The number of nitrogens with zero attached hydrogens (tertiary/aromatic N) is 6. The van der Waals surface area contributed by atoms with Crippen LogP contribution in [0.5, 0.6) is 0 Å². The first-order chi connectivity index (χ1) is 14.7. The third-order valence-corrected chi connectivity index (χ3v) is 6.18. The van der Waals surface area contributed by atoms with Gasteiger partial charge in [0.15, 0.2) is 5.65 Å². The zero-order chi connectivity index (χ0) is 20.9. The van der Waals surface area contributed by atoms with Gasteiger partial charge in [-0.2, -0.15) is 9.61 Å². The Morgan fingerprint density at radius 1 is 1.00 bits per heavy atom. The molecule has 1 N–H and O–H groups in total. The fraction of sp³-hybridized carbons (Fsp3) is 0.478. The standard InChI is InChI=1S/C23H32N6O/c1-3-26(4-2)11-12-27-13-15-28(16-14-27)22-9-10-24-23-21(17-25-29(22)23)20-8-6-5-7-19(20)18-30/h5-10,17,30H,3-4,11-16,18H2,1-2H3. The summed E-state index contributed by atoms with van der Waals surface area (Å²) in [6, 6.07) is 9.94. The molecule has 30 heavy (non-hydrogen) atoms. The number of hydrogen-bond donors (Lipinski definition) is 1. The molecule has 0 radical (unpaired) electrons. The summed E-state index contributed by atoms with van der Waals surface area (Å²) in [5, 5.41) is 14.4. The van der Waals surface area contributed by atoms with E-state index in [4.69, 9.17) is 0 Å². The van der Waals surface area contributed by atoms with Crippen LogP contribution < -0.4 is 4.90 Å². The van der Waals surface area contributed by atoms with Gasteiger partial charge in [-0.15, -0.1) is 0 Å². The Morgan fingerprint density at radius 3 is 2.50 bits per heavy atom. The summed E-state index contributed by atoms with van der Waals surface area (Å²) >= 11 is 0. The largest absolute Gasteiger partial charge is 0.392 e. The zero-order valence-corrected chi connectivity index (χ0v) is 18.0. The average molecular weight is 409 g/mol. The van der Waals surface area contributed by atoms with Gasteiger partial charge in [0, 0.05) is 51.0 Å². The van der Waals surface area contributed by atoms with Crippen molar-refractivity contribution in [3.05, 3.63) is 48.3 Å². The highest BCUT2D eigenvalue weighted by Gasteiger charge is 2.21. The number of piperazine rings is 1. The second-order valence-electron chi connectivity index (χ2n) is 7.77. The maximum Gasteiger partial charge on any atom is 0.165 e. The number of benzene rings is 1. The molecule has 0 amide bonds. The Labute approximate surface area is 178 Å². The van der Waals surface area contributed by atoms with Gasteiger partial charge in [0.25, 0.3) is 0 Å². The molecule has 3 aromatic rings. The van der Waals surface area contributed by atoms with E-state index in [0.29, 0.717) is 0 Å². The first-order valence-corrected chi connectivity index (χ1v) is 11.0. The van der Waals surface area contributed by atoms with E-state index in [0.717, 1.165) is 80.5 Å². The topological polar surface area (TPSA) is 60.1 Å². The predicted octanol–water partition coefficient (Wildman–Crippen LogP) is 2.35. The fourth-order valence-electron chi connectivity index (χ4n) is 4.25. The van der Waals surface area contributed by atoms with Gasteiger partial charge in [-0.25, -0.2) is 4.98 Å². The van der Waals surface area contributed by atoms with Gasteiger partial charge >= 0.3 is 0 Å². The molecule has 160 valence electrons. The molecule has 0 unspecified atom stereocenters. The van der Waals surface area contributed by atoms with Crippen molar-refractivity contribution >= 4 is 11.5 Å². The summed E-state index contributed by atoms with van der Waals surface area (Å²) in [4.78, 5) is 12.0. The maximum atomic E-state index is 9.72. The average Bonchev–Trinajstić information content (AvgIpc) is 3.24. The van der Waals surface area contributed by atoms with Crippen molar-refractivity contribution in [2.45, 2.75) is 20.5 Å². The molecule has 0 bridgehead atoms. The number of anilines is 1. The molecule has 2 aromatic heterocycles. The van der Waals surface area contributed by atoms with E-state index >= 15 is 0 Å². The Kier molecular flexibility index (Phi) is 6.62. The number of aliphatic hydroxyl groups is 1. The highest BCUT2D eigenvalue weighted by atomic mass is 16.3. The molecule has 1 aromatic carbocycles. The molecule has 1 saturated heterocycles. The molecule has 1 aliphatic heterocycles. The lowest BCUT2D eigenvalue weighted by Gasteiger charge is -2.36. The van der Waals surface area contributed by atoms with Crippen LogP contribution in [0.2, 0.25) is 0 Å². The van der Waals surface area contributed by atoms with Crippen LogP contribution >= 0.6 is 0 Å². The third kappa shape index (κ3) is 4.19. The van der Waals surface area contributed by atoms with Gasteiger partial charge in [0.1, 0.15) is 5.82 Å². The molecule has 3 heterocycles. The summed E-state index contributed by atoms with van der Waals surface area (Å²) in [5.41, 5.74) is 3.67. The predicted molar refractivity (Wildman–Crippen MR) is 121 cm³/mol. The molecule has 1 fully saturated rings. The van der Waals surface area contributed by atoms with Crippen LogP contribution in [0, 0.1) is 0 Å². The molecular formula is C23H32N6O. The number of likely N-dealkylation sites (N-methyl/N-ethyl adjacent to an activating group) is 1. The van der Waals surface area contributed by atoms with Crippen molar-refractivity contribution in [2.75, 3.05) is 57.3 Å². The van der Waals surface area contributed by atoms with Crippen molar-refractivity contribution in [1.82, 2.24) is 24.4 Å². The lowest BCUT2D eigenvalue weighted by atomic mass is 10.0. The summed E-state index contributed by atoms with van der Waals surface area (Å²) < 4.78 is 1.94. The second-order valence-corrected chi connectivity index (χ2v) is 7.77. The number of aliphatic hydroxyl groups excluding tert-OH is 1. The van der Waals surface area contributed by atoms with E-state index in [-0.39, 0.29) is 6.61 Å². The summed E-state index contributed by atoms with van der Waals surface area (Å²) in [5.74, 6) is 1.08. The molecule has 7 heteroatoms. The number of hydrogen-bond acceptors (Lipinski definition) is 6. The van der Waals surface area contributed by atoms with Crippen LogP contribution in [0.25, 0.3) is 16.8 Å². The van der Waals surface area contributed by atoms with E-state index in [2.05, 4.69) is 38.6 Å². The number of rotatable bonds is 8. The number of fused-ring (bicyclic) bond motifs is 1. The van der Waals surface area contributed by atoms with E-state index in [1.54, 1.807) is 0 Å².